The molecule has 2 aliphatic rings. The number of methoxy groups -OCH3 is 1. The van der Waals surface area contributed by atoms with Gasteiger partial charge in [-0.25, -0.2) is 0 Å². The molecule has 0 aliphatic carbocycles. The number of pyridine rings is 1. The molecule has 1 fully saturated rings. The van der Waals surface area contributed by atoms with Crippen molar-refractivity contribution >= 4 is 5.78 Å². The Morgan fingerprint density at radius 1 is 1.09 bits per heavy atom. The smallest absolute Gasteiger partial charge is 0.161 e. The minimum Gasteiger partial charge on any atom is -0.493 e. The van der Waals surface area contributed by atoms with Crippen LogP contribution in [0.5, 0.6) is 11.5 Å². The number of Topliss-reactive ketones (excluding diaryl/α,β-unsaturated/α-hetero) is 1. The predicted molar refractivity (Wildman–Crippen MR) is 123 cm³/mol. The molecular weight excluding hydrogens is 400 g/mol. The number of hydrogen-bond acceptors (Lipinski definition) is 5. The lowest BCUT2D eigenvalue weighted by atomic mass is 9.81. The van der Waals surface area contributed by atoms with Crippen molar-refractivity contribution in [1.29, 1.82) is 0 Å². The fraction of sp³-hybridized carbons (Fsp3) is 0.333. The number of ketones is 1. The highest BCUT2D eigenvalue weighted by molar-refractivity contribution is 5.87. The van der Waals surface area contributed by atoms with E-state index >= 15 is 0 Å². The molecule has 0 unspecified atom stereocenters. The zero-order valence-electron chi connectivity index (χ0n) is 18.6. The molecule has 2 aromatic carbocycles. The minimum atomic E-state index is -0.150. The van der Waals surface area contributed by atoms with E-state index in [2.05, 4.69) is 34.1 Å². The molecule has 0 spiro atoms. The maximum Gasteiger partial charge on any atom is 0.161 e. The summed E-state index contributed by atoms with van der Waals surface area (Å²) in [5, 5.41) is 0. The topological polar surface area (TPSA) is 51.7 Å². The van der Waals surface area contributed by atoms with Gasteiger partial charge in [0.25, 0.3) is 0 Å². The first-order valence-electron chi connectivity index (χ1n) is 11.2. The third-order valence-electron chi connectivity index (χ3n) is 6.62. The molecule has 3 heterocycles. The molecule has 3 aromatic rings. The van der Waals surface area contributed by atoms with Crippen LogP contribution in [-0.2, 0) is 17.8 Å². The number of aryl methyl sites for hydroxylation is 1. The second-order valence-corrected chi connectivity index (χ2v) is 8.72. The molecule has 0 saturated carbocycles. The minimum absolute atomic E-state index is 0.0874. The predicted octanol–water partition coefficient (Wildman–Crippen LogP) is 4.63. The summed E-state index contributed by atoms with van der Waals surface area (Å²) in [5.74, 6) is 1.59. The molecule has 0 amide bonds. The van der Waals surface area contributed by atoms with Gasteiger partial charge in [-0.1, -0.05) is 30.3 Å². The van der Waals surface area contributed by atoms with E-state index in [4.69, 9.17) is 9.47 Å². The van der Waals surface area contributed by atoms with Gasteiger partial charge >= 0.3 is 0 Å². The SMILES string of the molecule is COc1cc2c(cc1OCc1ccccc1)CCN1C[C@@H](c3cc(C)ccn3)C(=O)C[C@H]21. The van der Waals surface area contributed by atoms with Gasteiger partial charge in [-0.05, 0) is 59.9 Å². The van der Waals surface area contributed by atoms with Crippen LogP contribution in [0.3, 0.4) is 0 Å². The Kier molecular flexibility index (Phi) is 5.66. The van der Waals surface area contributed by atoms with E-state index in [1.807, 2.05) is 37.3 Å². The third-order valence-corrected chi connectivity index (χ3v) is 6.62. The first-order chi connectivity index (χ1) is 15.6. The highest BCUT2D eigenvalue weighted by atomic mass is 16.5. The number of fused-ring (bicyclic) bond motifs is 3. The lowest BCUT2D eigenvalue weighted by Crippen LogP contribution is -2.45. The van der Waals surface area contributed by atoms with Gasteiger partial charge in [0.05, 0.1) is 18.7 Å². The van der Waals surface area contributed by atoms with Crippen LogP contribution in [0.25, 0.3) is 0 Å². The summed E-state index contributed by atoms with van der Waals surface area (Å²) in [6.45, 7) is 4.18. The quantitative estimate of drug-likeness (QED) is 0.593. The average molecular weight is 429 g/mol. The van der Waals surface area contributed by atoms with Crippen molar-refractivity contribution in [2.24, 2.45) is 0 Å². The number of benzene rings is 2. The molecule has 32 heavy (non-hydrogen) atoms. The molecule has 0 radical (unpaired) electrons. The van der Waals surface area contributed by atoms with Gasteiger partial charge in [0, 0.05) is 31.7 Å². The van der Waals surface area contributed by atoms with E-state index in [0.717, 1.165) is 41.3 Å². The number of carbonyl (C=O) groups is 1. The van der Waals surface area contributed by atoms with Crippen LogP contribution in [-0.4, -0.2) is 35.9 Å². The number of rotatable bonds is 5. The summed E-state index contributed by atoms with van der Waals surface area (Å²) in [6, 6.07) is 18.4. The van der Waals surface area contributed by atoms with Crippen LogP contribution in [0.2, 0.25) is 0 Å². The van der Waals surface area contributed by atoms with Crippen molar-refractivity contribution in [2.75, 3.05) is 20.2 Å². The largest absolute Gasteiger partial charge is 0.493 e. The lowest BCUT2D eigenvalue weighted by Gasteiger charge is -2.43. The molecule has 164 valence electrons. The number of ether oxygens (including phenoxy) is 2. The van der Waals surface area contributed by atoms with Gasteiger partial charge in [0.15, 0.2) is 11.5 Å². The molecular formula is C27H28N2O3. The van der Waals surface area contributed by atoms with E-state index < -0.39 is 0 Å². The monoisotopic (exact) mass is 428 g/mol. The maximum atomic E-state index is 13.1. The van der Waals surface area contributed by atoms with E-state index in [9.17, 15) is 4.79 Å². The zero-order chi connectivity index (χ0) is 22.1. The van der Waals surface area contributed by atoms with E-state index in [1.165, 1.54) is 11.1 Å². The molecule has 0 N–H and O–H groups in total. The van der Waals surface area contributed by atoms with Gasteiger partial charge < -0.3 is 9.47 Å². The Morgan fingerprint density at radius 2 is 1.94 bits per heavy atom. The first-order valence-corrected chi connectivity index (χ1v) is 11.2. The van der Waals surface area contributed by atoms with Crippen LogP contribution in [0.1, 0.15) is 46.3 Å². The molecule has 1 aromatic heterocycles. The normalized spacial score (nSPS) is 20.4. The van der Waals surface area contributed by atoms with E-state index in [0.29, 0.717) is 19.6 Å². The summed E-state index contributed by atoms with van der Waals surface area (Å²) in [5.41, 5.74) is 5.58. The summed E-state index contributed by atoms with van der Waals surface area (Å²) in [7, 11) is 1.67. The Balaban J connectivity index is 1.38. The fourth-order valence-electron chi connectivity index (χ4n) is 4.90. The summed E-state index contributed by atoms with van der Waals surface area (Å²) in [4.78, 5) is 20.1. The number of aromatic nitrogens is 1. The Morgan fingerprint density at radius 3 is 2.72 bits per heavy atom. The summed E-state index contributed by atoms with van der Waals surface area (Å²) < 4.78 is 11.8. The summed E-state index contributed by atoms with van der Waals surface area (Å²) in [6.07, 6.45) is 3.23. The first kappa shape index (κ1) is 20.7. The van der Waals surface area contributed by atoms with E-state index in [-0.39, 0.29) is 17.7 Å². The molecule has 2 aliphatic heterocycles. The van der Waals surface area contributed by atoms with Crippen molar-refractivity contribution in [3.05, 3.63) is 88.7 Å². The summed E-state index contributed by atoms with van der Waals surface area (Å²) >= 11 is 0. The van der Waals surface area contributed by atoms with Crippen molar-refractivity contribution in [1.82, 2.24) is 9.88 Å². The second-order valence-electron chi connectivity index (χ2n) is 8.72. The van der Waals surface area contributed by atoms with Gasteiger partial charge in [-0.3, -0.25) is 14.7 Å². The van der Waals surface area contributed by atoms with Crippen LogP contribution >= 0.6 is 0 Å². The van der Waals surface area contributed by atoms with Gasteiger partial charge in [0.1, 0.15) is 12.4 Å². The van der Waals surface area contributed by atoms with Crippen LogP contribution < -0.4 is 9.47 Å². The molecule has 5 nitrogen and oxygen atoms in total. The highest BCUT2D eigenvalue weighted by Crippen LogP contribution is 2.43. The molecule has 5 rings (SSSR count). The second kappa shape index (κ2) is 8.75. The molecule has 5 heteroatoms. The van der Waals surface area contributed by atoms with Gasteiger partial charge in [-0.15, -0.1) is 0 Å². The zero-order valence-corrected chi connectivity index (χ0v) is 18.6. The Labute approximate surface area is 189 Å². The van der Waals surface area contributed by atoms with Crippen molar-refractivity contribution in [3.63, 3.8) is 0 Å². The highest BCUT2D eigenvalue weighted by Gasteiger charge is 2.39. The fourth-order valence-corrected chi connectivity index (χ4v) is 4.90. The molecule has 1 saturated heterocycles. The van der Waals surface area contributed by atoms with E-state index in [1.54, 1.807) is 13.3 Å². The molecule has 0 bridgehead atoms. The lowest BCUT2D eigenvalue weighted by molar-refractivity contribution is -0.125. The van der Waals surface area contributed by atoms with Crippen LogP contribution in [0, 0.1) is 6.92 Å². The number of piperidine rings is 1. The molecule has 2 atom stereocenters. The Bertz CT molecular complexity index is 1130. The number of hydrogen-bond donors (Lipinski definition) is 0. The Hall–Kier alpha value is -3.18. The maximum absolute atomic E-state index is 13.1. The van der Waals surface area contributed by atoms with Crippen molar-refractivity contribution < 1.29 is 14.3 Å². The third kappa shape index (κ3) is 4.00. The standard InChI is InChI=1S/C27H28N2O3/c1-18-8-10-28-23(12-18)22-16-29-11-9-20-13-27(32-17-19-6-4-3-5-7-19)26(31-2)14-21(20)24(29)15-25(22)30/h3-8,10,12-14,22,24H,9,11,15-17H2,1-2H3/t22-,24+/m0/s1. The van der Waals surface area contributed by atoms with Gasteiger partial charge in [0.2, 0.25) is 0 Å². The van der Waals surface area contributed by atoms with Crippen LogP contribution in [0.4, 0.5) is 0 Å². The van der Waals surface area contributed by atoms with Crippen molar-refractivity contribution in [3.8, 4) is 11.5 Å². The average Bonchev–Trinajstić information content (AvgIpc) is 2.82. The number of carbonyl (C=O) groups excluding carboxylic acids is 1. The van der Waals surface area contributed by atoms with Crippen LogP contribution in [0.15, 0.2) is 60.8 Å². The van der Waals surface area contributed by atoms with Crippen molar-refractivity contribution in [2.45, 2.75) is 38.3 Å². The number of nitrogens with zero attached hydrogens (tertiary/aromatic N) is 2. The van der Waals surface area contributed by atoms with Gasteiger partial charge in [-0.2, -0.15) is 0 Å².